The Morgan fingerprint density at radius 3 is 2.75 bits per heavy atom. The van der Waals surface area contributed by atoms with Crippen molar-refractivity contribution in [2.24, 2.45) is 0 Å². The van der Waals surface area contributed by atoms with E-state index in [9.17, 15) is 0 Å². The number of halogens is 1. The second-order valence-electron chi connectivity index (χ2n) is 2.72. The third-order valence-electron chi connectivity index (χ3n) is 1.75. The molecule has 0 atom stereocenters. The smallest absolute Gasteiger partial charge is 0.132 e. The van der Waals surface area contributed by atoms with E-state index >= 15 is 0 Å². The summed E-state index contributed by atoms with van der Waals surface area (Å²) >= 11 is 2.28. The summed E-state index contributed by atoms with van der Waals surface area (Å²) in [6.07, 6.45) is 2.32. The van der Waals surface area contributed by atoms with Gasteiger partial charge >= 0.3 is 0 Å². The molecule has 12 heavy (non-hydrogen) atoms. The molecule has 0 saturated carbocycles. The molecule has 0 aromatic heterocycles. The number of methoxy groups -OCH3 is 1. The van der Waals surface area contributed by atoms with Crippen LogP contribution in [0.4, 0.5) is 0 Å². The minimum absolute atomic E-state index is 0.988. The van der Waals surface area contributed by atoms with Gasteiger partial charge in [-0.3, -0.25) is 0 Å². The second-order valence-corrected chi connectivity index (χ2v) is 3.88. The van der Waals surface area contributed by atoms with Gasteiger partial charge in [0.1, 0.15) is 5.75 Å². The highest BCUT2D eigenvalue weighted by Gasteiger charge is 1.99. The van der Waals surface area contributed by atoms with Crippen molar-refractivity contribution < 1.29 is 4.74 Å². The SMILES string of the molecule is CCCc1ccc(I)c(OC)c1. The summed E-state index contributed by atoms with van der Waals surface area (Å²) in [5.74, 6) is 0.988. The number of hydrogen-bond acceptors (Lipinski definition) is 1. The molecule has 0 amide bonds. The Bertz CT molecular complexity index is 258. The molecule has 0 bridgehead atoms. The second kappa shape index (κ2) is 4.70. The van der Waals surface area contributed by atoms with E-state index in [-0.39, 0.29) is 0 Å². The van der Waals surface area contributed by atoms with Crippen molar-refractivity contribution in [3.63, 3.8) is 0 Å². The van der Waals surface area contributed by atoms with Gasteiger partial charge in [-0.2, -0.15) is 0 Å². The van der Waals surface area contributed by atoms with E-state index in [1.807, 2.05) is 0 Å². The minimum atomic E-state index is 0.988. The lowest BCUT2D eigenvalue weighted by Gasteiger charge is -2.05. The van der Waals surface area contributed by atoms with E-state index in [0.717, 1.165) is 12.2 Å². The first-order valence-electron chi connectivity index (χ1n) is 4.10. The monoisotopic (exact) mass is 276 g/mol. The maximum Gasteiger partial charge on any atom is 0.132 e. The van der Waals surface area contributed by atoms with E-state index in [1.54, 1.807) is 7.11 Å². The fourth-order valence-corrected chi connectivity index (χ4v) is 1.70. The van der Waals surface area contributed by atoms with Crippen molar-refractivity contribution in [2.75, 3.05) is 7.11 Å². The molecular weight excluding hydrogens is 263 g/mol. The fourth-order valence-electron chi connectivity index (χ4n) is 1.15. The summed E-state index contributed by atoms with van der Waals surface area (Å²) in [5, 5.41) is 0. The third kappa shape index (κ3) is 2.37. The van der Waals surface area contributed by atoms with Crippen LogP contribution in [0.2, 0.25) is 0 Å². The summed E-state index contributed by atoms with van der Waals surface area (Å²) in [6.45, 7) is 2.18. The quantitative estimate of drug-likeness (QED) is 0.770. The van der Waals surface area contributed by atoms with Gasteiger partial charge in [0, 0.05) is 0 Å². The van der Waals surface area contributed by atoms with Gasteiger partial charge in [0.05, 0.1) is 10.7 Å². The molecule has 0 aliphatic carbocycles. The van der Waals surface area contributed by atoms with Crippen LogP contribution >= 0.6 is 22.6 Å². The van der Waals surface area contributed by atoms with Gasteiger partial charge in [0.25, 0.3) is 0 Å². The van der Waals surface area contributed by atoms with Crippen LogP contribution in [-0.2, 0) is 6.42 Å². The Kier molecular flexibility index (Phi) is 3.85. The summed E-state index contributed by atoms with van der Waals surface area (Å²) < 4.78 is 6.40. The Balaban J connectivity index is 2.89. The van der Waals surface area contributed by atoms with Crippen LogP contribution in [0.5, 0.6) is 5.75 Å². The highest BCUT2D eigenvalue weighted by molar-refractivity contribution is 14.1. The molecular formula is C10H13IO. The van der Waals surface area contributed by atoms with Crippen LogP contribution in [0.25, 0.3) is 0 Å². The van der Waals surface area contributed by atoms with Crippen LogP contribution < -0.4 is 4.74 Å². The third-order valence-corrected chi connectivity index (χ3v) is 2.65. The molecule has 1 aromatic carbocycles. The Morgan fingerprint density at radius 2 is 2.17 bits per heavy atom. The van der Waals surface area contributed by atoms with Gasteiger partial charge in [0.2, 0.25) is 0 Å². The Morgan fingerprint density at radius 1 is 1.42 bits per heavy atom. The van der Waals surface area contributed by atoms with Gasteiger partial charge in [-0.05, 0) is 46.7 Å². The molecule has 0 heterocycles. The predicted octanol–water partition coefficient (Wildman–Crippen LogP) is 3.25. The molecule has 66 valence electrons. The van der Waals surface area contributed by atoms with Crippen molar-refractivity contribution in [2.45, 2.75) is 19.8 Å². The number of ether oxygens (including phenoxy) is 1. The minimum Gasteiger partial charge on any atom is -0.496 e. The van der Waals surface area contributed by atoms with Gasteiger partial charge in [-0.25, -0.2) is 0 Å². The summed E-state index contributed by atoms with van der Waals surface area (Å²) in [6, 6.07) is 6.38. The van der Waals surface area contributed by atoms with Crippen molar-refractivity contribution in [3.8, 4) is 5.75 Å². The first-order chi connectivity index (χ1) is 5.77. The highest BCUT2D eigenvalue weighted by Crippen LogP contribution is 2.22. The fraction of sp³-hybridized carbons (Fsp3) is 0.400. The predicted molar refractivity (Wildman–Crippen MR) is 59.7 cm³/mol. The summed E-state index contributed by atoms with van der Waals surface area (Å²) in [5.41, 5.74) is 1.36. The standard InChI is InChI=1S/C10H13IO/c1-3-4-8-5-6-9(11)10(7-8)12-2/h5-7H,3-4H2,1-2H3. The number of aryl methyl sites for hydroxylation is 1. The molecule has 1 aromatic rings. The number of benzene rings is 1. The van der Waals surface area contributed by atoms with Crippen LogP contribution in [0.3, 0.4) is 0 Å². The van der Waals surface area contributed by atoms with Crippen molar-refractivity contribution in [1.82, 2.24) is 0 Å². The molecule has 1 rings (SSSR count). The van der Waals surface area contributed by atoms with Crippen LogP contribution in [0, 0.1) is 3.57 Å². The molecule has 2 heteroatoms. The zero-order valence-electron chi connectivity index (χ0n) is 7.43. The lowest BCUT2D eigenvalue weighted by atomic mass is 10.1. The first-order valence-corrected chi connectivity index (χ1v) is 5.18. The Hall–Kier alpha value is -0.250. The molecule has 0 radical (unpaired) electrons. The zero-order valence-corrected chi connectivity index (χ0v) is 9.59. The maximum atomic E-state index is 5.22. The lowest BCUT2D eigenvalue weighted by molar-refractivity contribution is 0.411. The average molecular weight is 276 g/mol. The maximum absolute atomic E-state index is 5.22. The van der Waals surface area contributed by atoms with E-state index in [0.29, 0.717) is 0 Å². The molecule has 0 N–H and O–H groups in total. The van der Waals surface area contributed by atoms with E-state index in [2.05, 4.69) is 47.7 Å². The van der Waals surface area contributed by atoms with Crippen LogP contribution in [0.15, 0.2) is 18.2 Å². The molecule has 0 aliphatic heterocycles. The zero-order chi connectivity index (χ0) is 8.97. The molecule has 0 unspecified atom stereocenters. The van der Waals surface area contributed by atoms with Crippen LogP contribution in [0.1, 0.15) is 18.9 Å². The van der Waals surface area contributed by atoms with E-state index < -0.39 is 0 Å². The average Bonchev–Trinajstić information content (AvgIpc) is 2.09. The highest BCUT2D eigenvalue weighted by atomic mass is 127. The summed E-state index contributed by atoms with van der Waals surface area (Å²) in [7, 11) is 1.72. The summed E-state index contributed by atoms with van der Waals surface area (Å²) in [4.78, 5) is 0. The lowest BCUT2D eigenvalue weighted by Crippen LogP contribution is -1.89. The van der Waals surface area contributed by atoms with Gasteiger partial charge < -0.3 is 4.74 Å². The van der Waals surface area contributed by atoms with Crippen molar-refractivity contribution >= 4 is 22.6 Å². The topological polar surface area (TPSA) is 9.23 Å². The Labute approximate surface area is 87.3 Å². The first kappa shape index (κ1) is 9.84. The van der Waals surface area contributed by atoms with Gasteiger partial charge in [-0.1, -0.05) is 19.4 Å². The molecule has 0 spiro atoms. The molecule has 0 aliphatic rings. The van der Waals surface area contributed by atoms with Crippen molar-refractivity contribution in [1.29, 1.82) is 0 Å². The van der Waals surface area contributed by atoms with Gasteiger partial charge in [0.15, 0.2) is 0 Å². The molecule has 1 nitrogen and oxygen atoms in total. The molecule has 0 saturated heterocycles. The number of rotatable bonds is 3. The van der Waals surface area contributed by atoms with Crippen molar-refractivity contribution in [3.05, 3.63) is 27.3 Å². The number of hydrogen-bond donors (Lipinski definition) is 0. The van der Waals surface area contributed by atoms with Gasteiger partial charge in [-0.15, -0.1) is 0 Å². The van der Waals surface area contributed by atoms with E-state index in [4.69, 9.17) is 4.74 Å². The van der Waals surface area contributed by atoms with E-state index in [1.165, 1.54) is 15.6 Å². The molecule has 0 fully saturated rings. The normalized spacial score (nSPS) is 9.92. The van der Waals surface area contributed by atoms with Crippen LogP contribution in [-0.4, -0.2) is 7.11 Å². The largest absolute Gasteiger partial charge is 0.496 e.